The van der Waals surface area contributed by atoms with Gasteiger partial charge in [-0.1, -0.05) is 0 Å². The summed E-state index contributed by atoms with van der Waals surface area (Å²) in [5.74, 6) is 0. The Bertz CT molecular complexity index is 267. The van der Waals surface area contributed by atoms with Gasteiger partial charge >= 0.3 is 0 Å². The molecule has 0 aromatic carbocycles. The first kappa shape index (κ1) is 22.1. The van der Waals surface area contributed by atoms with Crippen molar-refractivity contribution in [2.75, 3.05) is 0 Å². The summed E-state index contributed by atoms with van der Waals surface area (Å²) in [6.07, 6.45) is 0. The van der Waals surface area contributed by atoms with Crippen LogP contribution >= 0.6 is 0 Å². The lowest BCUT2D eigenvalue weighted by Crippen LogP contribution is -2.43. The SMILES string of the molecule is C[SiH](O[SiH](C)O[SiH](C)O[Si](C)(C)C)O[SiH](C)O[Si](C)(C)C. The molecule has 0 aliphatic rings. The van der Waals surface area contributed by atoms with Crippen LogP contribution in [0.1, 0.15) is 0 Å². The lowest BCUT2D eigenvalue weighted by Gasteiger charge is -2.28. The van der Waals surface area contributed by atoms with Crippen molar-refractivity contribution in [2.24, 2.45) is 0 Å². The van der Waals surface area contributed by atoms with Crippen molar-refractivity contribution in [2.45, 2.75) is 65.5 Å². The Balaban J connectivity index is 4.06. The molecule has 11 heteroatoms. The maximum Gasteiger partial charge on any atom is 0.300 e. The molecule has 0 rings (SSSR count). The third-order valence-electron chi connectivity index (χ3n) is 2.19. The lowest BCUT2D eigenvalue weighted by atomic mass is 11.8. The van der Waals surface area contributed by atoms with E-state index >= 15 is 0 Å². The zero-order valence-corrected chi connectivity index (χ0v) is 22.0. The fourth-order valence-corrected chi connectivity index (χ4v) is 19.5. The van der Waals surface area contributed by atoms with Crippen molar-refractivity contribution >= 4 is 53.8 Å². The molecule has 0 heterocycles. The second-order valence-corrected chi connectivity index (χ2v) is 25.3. The maximum atomic E-state index is 6.01. The van der Waals surface area contributed by atoms with Crippen molar-refractivity contribution in [3.63, 3.8) is 0 Å². The molecular weight excluding hydrogens is 369 g/mol. The van der Waals surface area contributed by atoms with Gasteiger partial charge in [0.05, 0.1) is 0 Å². The summed E-state index contributed by atoms with van der Waals surface area (Å²) in [5, 5.41) is 0. The molecule has 0 aromatic rings. The molecule has 0 radical (unpaired) electrons. The summed E-state index contributed by atoms with van der Waals surface area (Å²) in [6, 6.07) is 0. The van der Waals surface area contributed by atoms with Crippen LogP contribution in [0.4, 0.5) is 0 Å². The van der Waals surface area contributed by atoms with E-state index in [1.807, 2.05) is 0 Å². The summed E-state index contributed by atoms with van der Waals surface area (Å²) in [7, 11) is -9.43. The van der Waals surface area contributed by atoms with Gasteiger partial charge in [-0.15, -0.1) is 0 Å². The summed E-state index contributed by atoms with van der Waals surface area (Å²) >= 11 is 0. The quantitative estimate of drug-likeness (QED) is 0.524. The second kappa shape index (κ2) is 9.41. The van der Waals surface area contributed by atoms with Crippen LogP contribution in [0.25, 0.3) is 0 Å². The van der Waals surface area contributed by atoms with E-state index in [1.165, 1.54) is 0 Å². The number of rotatable bonds is 10. The van der Waals surface area contributed by atoms with E-state index in [2.05, 4.69) is 65.5 Å². The first-order chi connectivity index (χ1) is 9.28. The predicted octanol–water partition coefficient (Wildman–Crippen LogP) is 2.14. The van der Waals surface area contributed by atoms with E-state index in [4.69, 9.17) is 20.6 Å². The maximum absolute atomic E-state index is 6.01. The molecule has 128 valence electrons. The highest BCUT2D eigenvalue weighted by molar-refractivity contribution is 6.78. The lowest BCUT2D eigenvalue weighted by molar-refractivity contribution is 0.334. The average Bonchev–Trinajstić information content (AvgIpc) is 2.07. The zero-order valence-electron chi connectivity index (χ0n) is 15.4. The molecular formula is C10H34O5Si6. The van der Waals surface area contributed by atoms with E-state index in [1.54, 1.807) is 0 Å². The highest BCUT2D eigenvalue weighted by Crippen LogP contribution is 2.09. The topological polar surface area (TPSA) is 46.2 Å². The van der Waals surface area contributed by atoms with Crippen molar-refractivity contribution in [1.29, 1.82) is 0 Å². The van der Waals surface area contributed by atoms with Crippen LogP contribution < -0.4 is 0 Å². The summed E-state index contributed by atoms with van der Waals surface area (Å²) in [4.78, 5) is 0. The Hall–Kier alpha value is 1.10. The molecule has 0 saturated heterocycles. The minimum absolute atomic E-state index is 1.51. The third kappa shape index (κ3) is 14.4. The molecule has 0 N–H and O–H groups in total. The Morgan fingerprint density at radius 2 is 0.714 bits per heavy atom. The van der Waals surface area contributed by atoms with E-state index in [0.29, 0.717) is 0 Å². The zero-order chi connectivity index (χ0) is 16.8. The Kier molecular flexibility index (Phi) is 9.90. The molecule has 0 fully saturated rings. The minimum atomic E-state index is -1.65. The predicted molar refractivity (Wildman–Crippen MR) is 104 cm³/mol. The van der Waals surface area contributed by atoms with Gasteiger partial charge in [0.1, 0.15) is 0 Å². The standard InChI is InChI=1S/C10H34O5Si6/c1-16(12-18(3)14-20(5,6)7)11-17(2)13-19(4)15-21(8,9)10/h16-19H,1-10H3. The molecule has 0 spiro atoms. The molecule has 4 unspecified atom stereocenters. The molecule has 0 amide bonds. The van der Waals surface area contributed by atoms with Crippen LogP contribution in [-0.4, -0.2) is 53.8 Å². The summed E-state index contributed by atoms with van der Waals surface area (Å²) in [5.41, 5.74) is 0. The fraction of sp³-hybridized carbons (Fsp3) is 1.00. The van der Waals surface area contributed by atoms with Gasteiger partial charge in [0.25, 0.3) is 37.1 Å². The molecule has 0 saturated carbocycles. The van der Waals surface area contributed by atoms with Crippen LogP contribution in [0, 0.1) is 0 Å². The monoisotopic (exact) mass is 402 g/mol. The van der Waals surface area contributed by atoms with Crippen molar-refractivity contribution < 1.29 is 20.6 Å². The molecule has 0 bridgehead atoms. The van der Waals surface area contributed by atoms with Crippen LogP contribution in [0.2, 0.25) is 65.5 Å². The van der Waals surface area contributed by atoms with Gasteiger partial charge in [0, 0.05) is 0 Å². The number of hydrogen-bond donors (Lipinski definition) is 0. The molecule has 5 nitrogen and oxygen atoms in total. The van der Waals surface area contributed by atoms with Gasteiger partial charge in [0.2, 0.25) is 0 Å². The summed E-state index contributed by atoms with van der Waals surface area (Å²) < 4.78 is 30.0. The van der Waals surface area contributed by atoms with E-state index < -0.39 is 53.8 Å². The molecule has 0 aliphatic heterocycles. The van der Waals surface area contributed by atoms with Gasteiger partial charge in [-0.05, 0) is 65.5 Å². The highest BCUT2D eigenvalue weighted by Gasteiger charge is 2.25. The van der Waals surface area contributed by atoms with Crippen molar-refractivity contribution in [3.8, 4) is 0 Å². The minimum Gasteiger partial charge on any atom is -0.439 e. The Labute approximate surface area is 139 Å². The number of hydrogen-bond acceptors (Lipinski definition) is 5. The van der Waals surface area contributed by atoms with Gasteiger partial charge in [-0.3, -0.25) is 0 Å². The van der Waals surface area contributed by atoms with Crippen molar-refractivity contribution in [3.05, 3.63) is 0 Å². The van der Waals surface area contributed by atoms with Gasteiger partial charge in [-0.25, -0.2) is 0 Å². The van der Waals surface area contributed by atoms with Crippen molar-refractivity contribution in [1.82, 2.24) is 0 Å². The van der Waals surface area contributed by atoms with Gasteiger partial charge in [0.15, 0.2) is 16.6 Å². The Morgan fingerprint density at radius 3 is 0.952 bits per heavy atom. The van der Waals surface area contributed by atoms with Crippen LogP contribution in [0.5, 0.6) is 0 Å². The Morgan fingerprint density at radius 1 is 0.476 bits per heavy atom. The molecule has 21 heavy (non-hydrogen) atoms. The molecule has 0 aliphatic carbocycles. The smallest absolute Gasteiger partial charge is 0.300 e. The fourth-order valence-electron chi connectivity index (χ4n) is 1.93. The van der Waals surface area contributed by atoms with E-state index in [9.17, 15) is 0 Å². The van der Waals surface area contributed by atoms with Gasteiger partial charge in [-0.2, -0.15) is 0 Å². The van der Waals surface area contributed by atoms with Crippen LogP contribution in [0.3, 0.4) is 0 Å². The largest absolute Gasteiger partial charge is 0.439 e. The van der Waals surface area contributed by atoms with E-state index in [0.717, 1.165) is 0 Å². The van der Waals surface area contributed by atoms with Crippen LogP contribution in [-0.2, 0) is 20.6 Å². The highest BCUT2D eigenvalue weighted by atomic mass is 28.5. The third-order valence-corrected chi connectivity index (χ3v) is 19.7. The normalized spacial score (nSPS) is 19.1. The van der Waals surface area contributed by atoms with Crippen LogP contribution in [0.15, 0.2) is 0 Å². The molecule has 4 atom stereocenters. The van der Waals surface area contributed by atoms with E-state index in [-0.39, 0.29) is 0 Å². The first-order valence-electron chi connectivity index (χ1n) is 7.60. The first-order valence-corrected chi connectivity index (χ1v) is 22.8. The van der Waals surface area contributed by atoms with Gasteiger partial charge < -0.3 is 20.6 Å². The second-order valence-electron chi connectivity index (χ2n) is 7.14. The average molecular weight is 403 g/mol. The molecule has 0 aromatic heterocycles. The summed E-state index contributed by atoms with van der Waals surface area (Å²) in [6.45, 7) is 21.4.